The average Bonchev–Trinajstić information content (AvgIpc) is 2.35. The van der Waals surface area contributed by atoms with E-state index < -0.39 is 0 Å². The molecule has 0 bridgehead atoms. The third kappa shape index (κ3) is 6.13. The van der Waals surface area contributed by atoms with E-state index in [2.05, 4.69) is 16.9 Å². The van der Waals surface area contributed by atoms with Crippen molar-refractivity contribution in [1.82, 2.24) is 0 Å². The fraction of sp³-hybridized carbons (Fsp3) is 0.812. The zero-order chi connectivity index (χ0) is 14.1. The van der Waals surface area contributed by atoms with Gasteiger partial charge in [-0.2, -0.15) is 4.99 Å². The Morgan fingerprint density at radius 1 is 0.895 bits per heavy atom. The normalized spacial score (nSPS) is 19.3. The summed E-state index contributed by atoms with van der Waals surface area (Å²) in [6.07, 6.45) is 11.3. The minimum atomic E-state index is -0.0520. The van der Waals surface area contributed by atoms with Gasteiger partial charge in [-0.25, -0.2) is 4.99 Å². The average molecular weight is 264 g/mol. The van der Waals surface area contributed by atoms with Gasteiger partial charge in [0.05, 0.1) is 5.92 Å². The maximum absolute atomic E-state index is 11.8. The predicted molar refractivity (Wildman–Crippen MR) is 81.9 cm³/mol. The van der Waals surface area contributed by atoms with Crippen LogP contribution in [0, 0.1) is 5.92 Å². The van der Waals surface area contributed by atoms with E-state index in [9.17, 15) is 4.79 Å². The standard InChI is InChI=1S/C16H28N2O/c1-4-5-6-7-8-9-10-11-12-15-13(2)17-14(3)18-16(15)19/h15H,4-12H2,1-3H3. The van der Waals surface area contributed by atoms with Gasteiger partial charge in [-0.1, -0.05) is 58.3 Å². The number of carbonyl (C=O) groups is 1. The first-order valence-corrected chi connectivity index (χ1v) is 7.79. The van der Waals surface area contributed by atoms with Gasteiger partial charge in [-0.15, -0.1) is 0 Å². The third-order valence-corrected chi connectivity index (χ3v) is 3.76. The lowest BCUT2D eigenvalue weighted by atomic mass is 9.94. The molecule has 0 aromatic carbocycles. The largest absolute Gasteiger partial charge is 0.272 e. The fourth-order valence-corrected chi connectivity index (χ4v) is 2.59. The van der Waals surface area contributed by atoms with Crippen molar-refractivity contribution in [1.29, 1.82) is 0 Å². The Hall–Kier alpha value is -0.990. The lowest BCUT2D eigenvalue weighted by Gasteiger charge is -2.16. The molecular formula is C16H28N2O. The van der Waals surface area contributed by atoms with E-state index in [1.165, 1.54) is 44.9 Å². The van der Waals surface area contributed by atoms with Crippen LogP contribution in [-0.4, -0.2) is 17.5 Å². The van der Waals surface area contributed by atoms with Gasteiger partial charge in [0.2, 0.25) is 0 Å². The molecule has 1 heterocycles. The molecule has 0 N–H and O–H groups in total. The number of hydrogen-bond acceptors (Lipinski definition) is 2. The molecule has 1 rings (SSSR count). The van der Waals surface area contributed by atoms with Gasteiger partial charge in [0.25, 0.3) is 5.91 Å². The maximum Gasteiger partial charge on any atom is 0.256 e. The highest BCUT2D eigenvalue weighted by molar-refractivity contribution is 6.14. The van der Waals surface area contributed by atoms with Gasteiger partial charge in [-0.05, 0) is 20.3 Å². The molecule has 0 aliphatic carbocycles. The molecule has 0 spiro atoms. The zero-order valence-corrected chi connectivity index (χ0v) is 12.7. The number of amidine groups is 1. The van der Waals surface area contributed by atoms with Crippen molar-refractivity contribution in [3.63, 3.8) is 0 Å². The summed E-state index contributed by atoms with van der Waals surface area (Å²) in [7, 11) is 0. The molecule has 3 heteroatoms. The Morgan fingerprint density at radius 3 is 2.05 bits per heavy atom. The molecule has 0 aromatic heterocycles. The first-order chi connectivity index (χ1) is 9.15. The summed E-state index contributed by atoms with van der Waals surface area (Å²) in [6, 6.07) is 0. The first-order valence-electron chi connectivity index (χ1n) is 7.79. The lowest BCUT2D eigenvalue weighted by molar-refractivity contribution is -0.119. The molecule has 1 aliphatic heterocycles. The Labute approximate surface area is 117 Å². The van der Waals surface area contributed by atoms with Crippen molar-refractivity contribution >= 4 is 17.5 Å². The molecule has 0 fully saturated rings. The molecule has 0 radical (unpaired) electrons. The van der Waals surface area contributed by atoms with Gasteiger partial charge in [0, 0.05) is 5.71 Å². The quantitative estimate of drug-likeness (QED) is 0.563. The summed E-state index contributed by atoms with van der Waals surface area (Å²) in [4.78, 5) is 20.0. The minimum absolute atomic E-state index is 0.00736. The van der Waals surface area contributed by atoms with E-state index in [1.54, 1.807) is 6.92 Å². The number of amides is 1. The minimum Gasteiger partial charge on any atom is -0.272 e. The van der Waals surface area contributed by atoms with Gasteiger partial charge in [0.1, 0.15) is 5.84 Å². The lowest BCUT2D eigenvalue weighted by Crippen LogP contribution is -2.25. The number of rotatable bonds is 9. The SMILES string of the molecule is CCCCCCCCCCC1C(=O)N=C(C)N=C1C. The van der Waals surface area contributed by atoms with E-state index in [-0.39, 0.29) is 11.8 Å². The van der Waals surface area contributed by atoms with Gasteiger partial charge in [0.15, 0.2) is 0 Å². The summed E-state index contributed by atoms with van der Waals surface area (Å²) in [6.45, 7) is 5.98. The predicted octanol–water partition coefficient (Wildman–Crippen LogP) is 4.55. The zero-order valence-electron chi connectivity index (χ0n) is 12.7. The van der Waals surface area contributed by atoms with Crippen molar-refractivity contribution in [2.24, 2.45) is 15.9 Å². The van der Waals surface area contributed by atoms with Crippen LogP contribution in [0.4, 0.5) is 0 Å². The van der Waals surface area contributed by atoms with Crippen LogP contribution in [0.25, 0.3) is 0 Å². The molecule has 0 saturated carbocycles. The second-order valence-corrected chi connectivity index (χ2v) is 5.57. The highest BCUT2D eigenvalue weighted by Gasteiger charge is 2.24. The number of hydrogen-bond donors (Lipinski definition) is 0. The van der Waals surface area contributed by atoms with Crippen LogP contribution < -0.4 is 0 Å². The van der Waals surface area contributed by atoms with Crippen LogP contribution >= 0.6 is 0 Å². The van der Waals surface area contributed by atoms with Crippen molar-refractivity contribution in [3.05, 3.63) is 0 Å². The highest BCUT2D eigenvalue weighted by atomic mass is 16.1. The number of aliphatic imine (C=N–C) groups is 2. The smallest absolute Gasteiger partial charge is 0.256 e. The molecule has 3 nitrogen and oxygen atoms in total. The van der Waals surface area contributed by atoms with Crippen molar-refractivity contribution in [2.45, 2.75) is 78.6 Å². The van der Waals surface area contributed by atoms with Gasteiger partial charge in [-0.3, -0.25) is 4.79 Å². The Bertz CT molecular complexity index is 345. The van der Waals surface area contributed by atoms with Crippen LogP contribution in [0.2, 0.25) is 0 Å². The number of unbranched alkanes of at least 4 members (excludes halogenated alkanes) is 7. The topological polar surface area (TPSA) is 41.8 Å². The fourth-order valence-electron chi connectivity index (χ4n) is 2.59. The molecule has 108 valence electrons. The van der Waals surface area contributed by atoms with Gasteiger partial charge < -0.3 is 0 Å². The van der Waals surface area contributed by atoms with E-state index in [4.69, 9.17) is 0 Å². The van der Waals surface area contributed by atoms with Crippen LogP contribution in [0.3, 0.4) is 0 Å². The van der Waals surface area contributed by atoms with E-state index in [0.717, 1.165) is 18.6 Å². The number of nitrogens with zero attached hydrogens (tertiary/aromatic N) is 2. The molecule has 1 amide bonds. The molecular weight excluding hydrogens is 236 g/mol. The van der Waals surface area contributed by atoms with Crippen LogP contribution in [0.5, 0.6) is 0 Å². The van der Waals surface area contributed by atoms with Crippen LogP contribution in [-0.2, 0) is 4.79 Å². The van der Waals surface area contributed by atoms with Gasteiger partial charge >= 0.3 is 0 Å². The molecule has 1 atom stereocenters. The summed E-state index contributed by atoms with van der Waals surface area (Å²) in [5, 5.41) is 0. The van der Waals surface area contributed by atoms with Crippen molar-refractivity contribution < 1.29 is 4.79 Å². The third-order valence-electron chi connectivity index (χ3n) is 3.76. The molecule has 1 aliphatic rings. The molecule has 19 heavy (non-hydrogen) atoms. The Kier molecular flexibility index (Phi) is 7.61. The second-order valence-electron chi connectivity index (χ2n) is 5.57. The Balaban J connectivity index is 2.10. The molecule has 0 aromatic rings. The summed E-state index contributed by atoms with van der Waals surface area (Å²) in [5.74, 6) is 0.561. The van der Waals surface area contributed by atoms with E-state index in [0.29, 0.717) is 5.84 Å². The van der Waals surface area contributed by atoms with E-state index in [1.807, 2.05) is 6.92 Å². The summed E-state index contributed by atoms with van der Waals surface area (Å²) < 4.78 is 0. The van der Waals surface area contributed by atoms with Crippen molar-refractivity contribution in [2.75, 3.05) is 0 Å². The monoisotopic (exact) mass is 264 g/mol. The Morgan fingerprint density at radius 2 is 1.47 bits per heavy atom. The molecule has 0 saturated heterocycles. The first kappa shape index (κ1) is 16.1. The van der Waals surface area contributed by atoms with E-state index >= 15 is 0 Å². The molecule has 1 unspecified atom stereocenters. The van der Waals surface area contributed by atoms with Crippen molar-refractivity contribution in [3.8, 4) is 0 Å². The van der Waals surface area contributed by atoms with Crippen LogP contribution in [0.1, 0.15) is 78.6 Å². The second kappa shape index (κ2) is 9.00. The maximum atomic E-state index is 11.8. The summed E-state index contributed by atoms with van der Waals surface area (Å²) >= 11 is 0. The highest BCUT2D eigenvalue weighted by Crippen LogP contribution is 2.18. The van der Waals surface area contributed by atoms with Crippen LogP contribution in [0.15, 0.2) is 9.98 Å². The summed E-state index contributed by atoms with van der Waals surface area (Å²) in [5.41, 5.74) is 0.945. The number of carbonyl (C=O) groups excluding carboxylic acids is 1.